The number of hydrogen-bond acceptors (Lipinski definition) is 4. The molecular weight excluding hydrogens is 342 g/mol. The highest BCUT2D eigenvalue weighted by Crippen LogP contribution is 2.31. The van der Waals surface area contributed by atoms with Crippen molar-refractivity contribution in [1.29, 1.82) is 0 Å². The molecule has 1 aromatic carbocycles. The van der Waals surface area contributed by atoms with Crippen molar-refractivity contribution < 1.29 is 14.3 Å². The predicted molar refractivity (Wildman–Crippen MR) is 104 cm³/mol. The van der Waals surface area contributed by atoms with Gasteiger partial charge in [-0.05, 0) is 43.2 Å². The first kappa shape index (κ1) is 17.4. The number of likely N-dealkylation sites (tertiary alicyclic amines) is 1. The minimum atomic E-state index is -0.00607. The topological polar surface area (TPSA) is 67.5 Å². The Morgan fingerprint density at radius 3 is 2.89 bits per heavy atom. The average Bonchev–Trinajstić information content (AvgIpc) is 3.17. The van der Waals surface area contributed by atoms with Crippen LogP contribution in [-0.2, 0) is 0 Å². The van der Waals surface area contributed by atoms with Crippen molar-refractivity contribution in [2.45, 2.75) is 18.8 Å². The van der Waals surface area contributed by atoms with Gasteiger partial charge in [-0.1, -0.05) is 0 Å². The summed E-state index contributed by atoms with van der Waals surface area (Å²) in [6.45, 7) is 1.43. The molecular formula is C21H23N3O3. The molecule has 6 heteroatoms. The molecule has 1 aliphatic heterocycles. The number of carbonyl (C=O) groups is 1. The monoisotopic (exact) mass is 365 g/mol. The van der Waals surface area contributed by atoms with E-state index in [0.717, 1.165) is 36.1 Å². The van der Waals surface area contributed by atoms with E-state index in [-0.39, 0.29) is 11.8 Å². The van der Waals surface area contributed by atoms with Crippen LogP contribution in [0, 0.1) is 0 Å². The summed E-state index contributed by atoms with van der Waals surface area (Å²) in [6.07, 6.45) is 3.82. The lowest BCUT2D eigenvalue weighted by atomic mass is 9.94. The van der Waals surface area contributed by atoms with Crippen molar-refractivity contribution in [3.05, 3.63) is 53.9 Å². The van der Waals surface area contributed by atoms with E-state index in [2.05, 4.69) is 16.0 Å². The van der Waals surface area contributed by atoms with Gasteiger partial charge in [0, 0.05) is 37.0 Å². The number of fused-ring (bicyclic) bond motifs is 1. The molecule has 140 valence electrons. The van der Waals surface area contributed by atoms with Gasteiger partial charge in [0.2, 0.25) is 0 Å². The van der Waals surface area contributed by atoms with Gasteiger partial charge >= 0.3 is 0 Å². The Balaban J connectivity index is 1.56. The van der Waals surface area contributed by atoms with Crippen LogP contribution in [0.25, 0.3) is 11.0 Å². The van der Waals surface area contributed by atoms with E-state index in [9.17, 15) is 4.79 Å². The fraction of sp³-hybridized carbons (Fsp3) is 0.333. The second-order valence-electron chi connectivity index (χ2n) is 6.82. The first-order chi connectivity index (χ1) is 13.2. The summed E-state index contributed by atoms with van der Waals surface area (Å²) in [7, 11) is 3.17. The maximum atomic E-state index is 13.1. The van der Waals surface area contributed by atoms with E-state index < -0.39 is 0 Å². The number of carbonyl (C=O) groups excluding carboxylic acids is 1. The number of hydrogen-bond donors (Lipinski definition) is 1. The quantitative estimate of drug-likeness (QED) is 0.767. The van der Waals surface area contributed by atoms with Crippen LogP contribution in [0.1, 0.15) is 34.8 Å². The van der Waals surface area contributed by atoms with Crippen LogP contribution in [0.3, 0.4) is 0 Å². The van der Waals surface area contributed by atoms with Crippen molar-refractivity contribution in [3.63, 3.8) is 0 Å². The van der Waals surface area contributed by atoms with Gasteiger partial charge < -0.3 is 19.4 Å². The van der Waals surface area contributed by atoms with Gasteiger partial charge in [-0.25, -0.2) is 0 Å². The summed E-state index contributed by atoms with van der Waals surface area (Å²) in [5.41, 5.74) is 3.71. The van der Waals surface area contributed by atoms with Gasteiger partial charge in [0.1, 0.15) is 11.5 Å². The Hall–Kier alpha value is -3.02. The molecule has 1 amide bonds. The summed E-state index contributed by atoms with van der Waals surface area (Å²) in [5.74, 6) is 1.48. The molecule has 0 aliphatic carbocycles. The number of amides is 1. The number of H-pyrrole nitrogens is 1. The predicted octanol–water partition coefficient (Wildman–Crippen LogP) is 3.60. The summed E-state index contributed by atoms with van der Waals surface area (Å²) in [6, 6.07) is 11.4. The van der Waals surface area contributed by atoms with Crippen LogP contribution in [0.4, 0.5) is 0 Å². The Morgan fingerprint density at radius 2 is 2.11 bits per heavy atom. The van der Waals surface area contributed by atoms with Gasteiger partial charge in [-0.3, -0.25) is 9.78 Å². The van der Waals surface area contributed by atoms with Crippen molar-refractivity contribution >= 4 is 16.9 Å². The van der Waals surface area contributed by atoms with Crippen LogP contribution in [0.15, 0.2) is 42.6 Å². The third kappa shape index (κ3) is 3.35. The molecule has 1 aliphatic rings. The molecule has 27 heavy (non-hydrogen) atoms. The number of aromatic amines is 1. The Kier molecular flexibility index (Phi) is 4.71. The molecule has 4 rings (SSSR count). The van der Waals surface area contributed by atoms with Crippen LogP contribution < -0.4 is 9.47 Å². The number of piperidine rings is 1. The van der Waals surface area contributed by atoms with E-state index in [4.69, 9.17) is 9.47 Å². The molecule has 0 saturated carbocycles. The summed E-state index contributed by atoms with van der Waals surface area (Å²) >= 11 is 0. The molecule has 1 atom stereocenters. The van der Waals surface area contributed by atoms with Gasteiger partial charge in [0.05, 0.1) is 30.8 Å². The molecule has 0 bridgehead atoms. The number of rotatable bonds is 4. The standard InChI is InChI=1S/C21H23N3O3/c1-26-15-7-8-16(20(11-15)27-2)21(25)24-10-4-5-14(13-24)18-12-19-17(23-18)6-3-9-22-19/h3,6-9,11-12,14,23H,4-5,10,13H2,1-2H3. The molecule has 1 saturated heterocycles. The normalized spacial score (nSPS) is 17.1. The van der Waals surface area contributed by atoms with E-state index in [1.54, 1.807) is 38.6 Å². The third-order valence-corrected chi connectivity index (χ3v) is 5.20. The maximum Gasteiger partial charge on any atom is 0.257 e. The Labute approximate surface area is 158 Å². The van der Waals surface area contributed by atoms with Gasteiger partial charge in [0.25, 0.3) is 5.91 Å². The SMILES string of the molecule is COc1ccc(C(=O)N2CCCC(c3cc4ncccc4[nH]3)C2)c(OC)c1. The number of nitrogens with zero attached hydrogens (tertiary/aromatic N) is 2. The van der Waals surface area contributed by atoms with Crippen molar-refractivity contribution in [2.24, 2.45) is 0 Å². The highest BCUT2D eigenvalue weighted by molar-refractivity contribution is 5.97. The van der Waals surface area contributed by atoms with Crippen molar-refractivity contribution in [3.8, 4) is 11.5 Å². The van der Waals surface area contributed by atoms with E-state index in [1.165, 1.54) is 0 Å². The summed E-state index contributed by atoms with van der Waals surface area (Å²) in [5, 5.41) is 0. The zero-order chi connectivity index (χ0) is 18.8. The number of methoxy groups -OCH3 is 2. The lowest BCUT2D eigenvalue weighted by Crippen LogP contribution is -2.39. The molecule has 1 fully saturated rings. The molecule has 6 nitrogen and oxygen atoms in total. The Bertz CT molecular complexity index is 933. The molecule has 3 aromatic rings. The molecule has 3 heterocycles. The molecule has 0 spiro atoms. The van der Waals surface area contributed by atoms with E-state index >= 15 is 0 Å². The van der Waals surface area contributed by atoms with Crippen LogP contribution in [0.2, 0.25) is 0 Å². The van der Waals surface area contributed by atoms with Crippen molar-refractivity contribution in [1.82, 2.24) is 14.9 Å². The van der Waals surface area contributed by atoms with Gasteiger partial charge in [0.15, 0.2) is 0 Å². The molecule has 2 aromatic heterocycles. The van der Waals surface area contributed by atoms with E-state index in [1.807, 2.05) is 17.0 Å². The number of ether oxygens (including phenoxy) is 2. The van der Waals surface area contributed by atoms with Crippen LogP contribution >= 0.6 is 0 Å². The smallest absolute Gasteiger partial charge is 0.257 e. The first-order valence-corrected chi connectivity index (χ1v) is 9.14. The zero-order valence-corrected chi connectivity index (χ0v) is 15.6. The van der Waals surface area contributed by atoms with Crippen LogP contribution in [-0.4, -0.2) is 48.1 Å². The lowest BCUT2D eigenvalue weighted by Gasteiger charge is -2.32. The second-order valence-corrected chi connectivity index (χ2v) is 6.82. The molecule has 1 unspecified atom stereocenters. The highest BCUT2D eigenvalue weighted by Gasteiger charge is 2.28. The minimum absolute atomic E-state index is 0.00607. The Morgan fingerprint density at radius 1 is 1.22 bits per heavy atom. The number of pyridine rings is 1. The second kappa shape index (κ2) is 7.31. The van der Waals surface area contributed by atoms with Crippen LogP contribution in [0.5, 0.6) is 11.5 Å². The molecule has 1 N–H and O–H groups in total. The number of benzene rings is 1. The minimum Gasteiger partial charge on any atom is -0.497 e. The van der Waals surface area contributed by atoms with Crippen molar-refractivity contribution in [2.75, 3.05) is 27.3 Å². The largest absolute Gasteiger partial charge is 0.497 e. The summed E-state index contributed by atoms with van der Waals surface area (Å²) in [4.78, 5) is 22.9. The maximum absolute atomic E-state index is 13.1. The summed E-state index contributed by atoms with van der Waals surface area (Å²) < 4.78 is 10.6. The first-order valence-electron chi connectivity index (χ1n) is 9.14. The van der Waals surface area contributed by atoms with E-state index in [0.29, 0.717) is 23.6 Å². The third-order valence-electron chi connectivity index (χ3n) is 5.20. The lowest BCUT2D eigenvalue weighted by molar-refractivity contribution is 0.0702. The fourth-order valence-electron chi connectivity index (χ4n) is 3.76. The highest BCUT2D eigenvalue weighted by atomic mass is 16.5. The average molecular weight is 365 g/mol. The van der Waals surface area contributed by atoms with Gasteiger partial charge in [-0.2, -0.15) is 0 Å². The zero-order valence-electron chi connectivity index (χ0n) is 15.6. The van der Waals surface area contributed by atoms with Gasteiger partial charge in [-0.15, -0.1) is 0 Å². The fourth-order valence-corrected chi connectivity index (χ4v) is 3.76. The number of aromatic nitrogens is 2. The number of nitrogens with one attached hydrogen (secondary N) is 1. The molecule has 0 radical (unpaired) electrons.